The van der Waals surface area contributed by atoms with Crippen molar-refractivity contribution in [3.63, 3.8) is 0 Å². The molecule has 2 aliphatic rings. The van der Waals surface area contributed by atoms with Crippen molar-refractivity contribution in [1.82, 2.24) is 0 Å². The van der Waals surface area contributed by atoms with Crippen LogP contribution in [0.25, 0.3) is 0 Å². The molecule has 0 aliphatic heterocycles. The van der Waals surface area contributed by atoms with Gasteiger partial charge in [0.1, 0.15) is 0 Å². The van der Waals surface area contributed by atoms with Crippen molar-refractivity contribution >= 4 is 34.3 Å². The molecule has 0 heterocycles. The number of allylic oxidation sites excluding steroid dienone is 8. The molecule has 0 atom stereocenters. The SMILES string of the molecule is CC1=CC[C-]=C1Cc1ccccc1.CC1=CC[C-]=C1Cc1ccccc1.C[SiH]C.Cl.Cl.[Zr+2]. The van der Waals surface area contributed by atoms with Gasteiger partial charge in [-0.3, -0.25) is 12.2 Å². The number of hydrogen-bond donors (Lipinski definition) is 0. The zero-order valence-electron chi connectivity index (χ0n) is 19.7. The van der Waals surface area contributed by atoms with Gasteiger partial charge < -0.3 is 0 Å². The average Bonchev–Trinajstić information content (AvgIpc) is 3.33. The van der Waals surface area contributed by atoms with E-state index in [1.165, 1.54) is 33.4 Å². The molecule has 0 nitrogen and oxygen atoms in total. The molecule has 0 saturated heterocycles. The molecular weight excluding hydrogens is 527 g/mol. The quantitative estimate of drug-likeness (QED) is 0.262. The first-order chi connectivity index (χ1) is 14.1. The van der Waals surface area contributed by atoms with E-state index >= 15 is 0 Å². The summed E-state index contributed by atoms with van der Waals surface area (Å²) in [6.07, 6.45) is 15.3. The summed E-state index contributed by atoms with van der Waals surface area (Å²) in [6, 6.07) is 21.1. The zero-order valence-corrected chi connectivity index (χ0v) is 24.9. The molecule has 2 aliphatic carbocycles. The van der Waals surface area contributed by atoms with Crippen molar-refractivity contribution in [2.75, 3.05) is 0 Å². The first-order valence-electron chi connectivity index (χ1n) is 10.5. The van der Waals surface area contributed by atoms with Crippen LogP contribution in [0.3, 0.4) is 0 Å². The van der Waals surface area contributed by atoms with Crippen LogP contribution in [0.1, 0.15) is 37.8 Å². The third-order valence-electron chi connectivity index (χ3n) is 4.85. The second-order valence-electron chi connectivity index (χ2n) is 7.40. The molecule has 4 rings (SSSR count). The summed E-state index contributed by atoms with van der Waals surface area (Å²) in [7, 11) is 0.750. The number of rotatable bonds is 4. The normalized spacial score (nSPS) is 13.1. The van der Waals surface area contributed by atoms with E-state index in [0.717, 1.165) is 35.2 Å². The van der Waals surface area contributed by atoms with Crippen molar-refractivity contribution in [1.29, 1.82) is 0 Å². The van der Waals surface area contributed by atoms with E-state index in [0.29, 0.717) is 0 Å². The maximum atomic E-state index is 3.38. The van der Waals surface area contributed by atoms with Gasteiger partial charge in [-0.1, -0.05) is 73.8 Å². The summed E-state index contributed by atoms with van der Waals surface area (Å²) in [5, 5.41) is 0. The van der Waals surface area contributed by atoms with E-state index in [-0.39, 0.29) is 51.0 Å². The van der Waals surface area contributed by atoms with Crippen LogP contribution in [0, 0.1) is 12.2 Å². The van der Waals surface area contributed by atoms with Crippen LogP contribution >= 0.6 is 24.8 Å². The molecule has 0 fully saturated rings. The summed E-state index contributed by atoms with van der Waals surface area (Å²) in [5.41, 5.74) is 8.27. The molecule has 0 unspecified atom stereocenters. The van der Waals surface area contributed by atoms with Gasteiger partial charge in [0, 0.05) is 9.52 Å². The van der Waals surface area contributed by atoms with E-state index in [2.05, 4.69) is 112 Å². The van der Waals surface area contributed by atoms with Crippen LogP contribution in [0.5, 0.6) is 0 Å². The van der Waals surface area contributed by atoms with Crippen LogP contribution in [0.2, 0.25) is 13.1 Å². The fourth-order valence-electron chi connectivity index (χ4n) is 3.18. The molecule has 32 heavy (non-hydrogen) atoms. The van der Waals surface area contributed by atoms with Crippen LogP contribution in [0.15, 0.2) is 95.1 Å². The third-order valence-corrected chi connectivity index (χ3v) is 4.85. The maximum Gasteiger partial charge on any atom is 2.00 e. The fraction of sp³-hybridized carbons (Fsp3) is 0.286. The molecule has 0 aromatic heterocycles. The fourth-order valence-corrected chi connectivity index (χ4v) is 3.18. The molecule has 2 aromatic rings. The molecule has 1 radical (unpaired) electrons. The summed E-state index contributed by atoms with van der Waals surface area (Å²) >= 11 is 0. The molecule has 0 saturated carbocycles. The Kier molecular flexibility index (Phi) is 20.3. The zero-order chi connectivity index (χ0) is 20.9. The molecule has 2 aromatic carbocycles. The largest absolute Gasteiger partial charge is 2.00 e. The monoisotopic (exact) mass is 559 g/mol. The van der Waals surface area contributed by atoms with E-state index in [9.17, 15) is 0 Å². The molecule has 4 heteroatoms. The van der Waals surface area contributed by atoms with Gasteiger partial charge in [-0.2, -0.15) is 12.2 Å². The molecule has 0 N–H and O–H groups in total. The first-order valence-corrected chi connectivity index (χ1v) is 12.8. The van der Waals surface area contributed by atoms with E-state index < -0.39 is 0 Å². The molecule has 169 valence electrons. The van der Waals surface area contributed by atoms with Crippen molar-refractivity contribution in [2.45, 2.75) is 52.6 Å². The summed E-state index contributed by atoms with van der Waals surface area (Å²) in [5.74, 6) is 0. The number of halogens is 2. The Bertz CT molecular complexity index is 795. The summed E-state index contributed by atoms with van der Waals surface area (Å²) < 4.78 is 0. The Balaban J connectivity index is 0. The van der Waals surface area contributed by atoms with Gasteiger partial charge in [-0.05, 0) is 24.0 Å². The third kappa shape index (κ3) is 12.4. The Morgan fingerprint density at radius 1 is 0.656 bits per heavy atom. The van der Waals surface area contributed by atoms with E-state index in [1.54, 1.807) is 0 Å². The van der Waals surface area contributed by atoms with Crippen molar-refractivity contribution in [2.24, 2.45) is 0 Å². The van der Waals surface area contributed by atoms with Gasteiger partial charge in [0.05, 0.1) is 0 Å². The van der Waals surface area contributed by atoms with Crippen LogP contribution < -0.4 is 0 Å². The summed E-state index contributed by atoms with van der Waals surface area (Å²) in [6.45, 7) is 8.75. The van der Waals surface area contributed by atoms with Crippen molar-refractivity contribution in [3.05, 3.63) is 118 Å². The minimum absolute atomic E-state index is 0. The van der Waals surface area contributed by atoms with Gasteiger partial charge in [-0.25, -0.2) is 22.3 Å². The van der Waals surface area contributed by atoms with Gasteiger partial charge in [0.15, 0.2) is 0 Å². The van der Waals surface area contributed by atoms with Gasteiger partial charge in [-0.15, -0.1) is 51.5 Å². The Labute approximate surface area is 230 Å². The standard InChI is InChI=1S/2C13H13.C2H7Si.2ClH.Zr/c2*1-11-6-5-9-13(11)10-12-7-3-2-4-8-12;1-3-2;;;/h2*2-4,6-8H,5,10H2,1H3;3H,1-2H3;2*1H;/q2*-1;;;;+2. The molecular formula is C28H35Cl2SiZr. The minimum Gasteiger partial charge on any atom is -0.269 e. The van der Waals surface area contributed by atoms with E-state index in [1.807, 2.05) is 0 Å². The van der Waals surface area contributed by atoms with Crippen LogP contribution in [0.4, 0.5) is 0 Å². The van der Waals surface area contributed by atoms with Gasteiger partial charge in [0.25, 0.3) is 0 Å². The Hall–Kier alpha value is -0.920. The Morgan fingerprint density at radius 3 is 1.22 bits per heavy atom. The smallest absolute Gasteiger partial charge is 0.269 e. The molecule has 0 amide bonds. The molecule has 0 bridgehead atoms. The van der Waals surface area contributed by atoms with Crippen molar-refractivity contribution in [3.8, 4) is 0 Å². The molecule has 0 spiro atoms. The summed E-state index contributed by atoms with van der Waals surface area (Å²) in [4.78, 5) is 0. The predicted molar refractivity (Wildman–Crippen MR) is 144 cm³/mol. The second kappa shape index (κ2) is 19.5. The second-order valence-corrected chi connectivity index (χ2v) is 8.55. The topological polar surface area (TPSA) is 0 Å². The number of hydrogen-bond acceptors (Lipinski definition) is 0. The maximum absolute atomic E-state index is 3.38. The van der Waals surface area contributed by atoms with E-state index in [4.69, 9.17) is 0 Å². The Morgan fingerprint density at radius 2 is 0.969 bits per heavy atom. The van der Waals surface area contributed by atoms with Crippen LogP contribution in [-0.4, -0.2) is 9.52 Å². The van der Waals surface area contributed by atoms with Gasteiger partial charge >= 0.3 is 26.2 Å². The number of benzene rings is 2. The van der Waals surface area contributed by atoms with Crippen molar-refractivity contribution < 1.29 is 26.2 Å². The van der Waals surface area contributed by atoms with Crippen LogP contribution in [-0.2, 0) is 39.0 Å². The van der Waals surface area contributed by atoms with Gasteiger partial charge in [0.2, 0.25) is 0 Å². The predicted octanol–water partition coefficient (Wildman–Crippen LogP) is 7.98. The first kappa shape index (κ1) is 33.3. The minimum atomic E-state index is 0. The average molecular weight is 562 g/mol.